The van der Waals surface area contributed by atoms with E-state index >= 15 is 0 Å². The molecule has 0 spiro atoms. The molecule has 4 aromatic rings. The van der Waals surface area contributed by atoms with E-state index in [1.807, 2.05) is 48.5 Å². The fourth-order valence-corrected chi connectivity index (χ4v) is 3.40. The van der Waals surface area contributed by atoms with Crippen molar-refractivity contribution in [2.75, 3.05) is 0 Å². The summed E-state index contributed by atoms with van der Waals surface area (Å²) in [6, 6.07) is 24.3. The highest BCUT2D eigenvalue weighted by Gasteiger charge is 2.16. The lowest BCUT2D eigenvalue weighted by atomic mass is 9.89. The first-order valence-corrected chi connectivity index (χ1v) is 8.78. The standard InChI is InChI=1S/C24H18O4/c25-15-9-11-21(23(27)13-15)19-7-3-1-5-17(19)18-6-2-4-8-20(18)22-12-10-16(26)14-24(22)28/h1-14,25-28H. The summed E-state index contributed by atoms with van der Waals surface area (Å²) >= 11 is 0. The van der Waals surface area contributed by atoms with Gasteiger partial charge in [-0.25, -0.2) is 0 Å². The molecule has 0 amide bonds. The fraction of sp³-hybridized carbons (Fsp3) is 0. The van der Waals surface area contributed by atoms with Gasteiger partial charge in [-0.15, -0.1) is 0 Å². The minimum Gasteiger partial charge on any atom is -0.508 e. The van der Waals surface area contributed by atoms with Crippen LogP contribution in [0, 0.1) is 0 Å². The molecule has 0 saturated heterocycles. The second-order valence-corrected chi connectivity index (χ2v) is 6.49. The second kappa shape index (κ2) is 7.00. The van der Waals surface area contributed by atoms with E-state index in [1.165, 1.54) is 24.3 Å². The SMILES string of the molecule is Oc1ccc(-c2ccccc2-c2ccccc2-c2ccc(O)cc2O)c(O)c1. The highest BCUT2D eigenvalue weighted by Crippen LogP contribution is 2.43. The maximum atomic E-state index is 10.3. The average Bonchev–Trinajstić information content (AvgIpc) is 2.68. The normalized spacial score (nSPS) is 10.7. The first-order chi connectivity index (χ1) is 13.5. The Labute approximate surface area is 162 Å². The molecule has 0 bridgehead atoms. The maximum Gasteiger partial charge on any atom is 0.127 e. The number of hydrogen-bond acceptors (Lipinski definition) is 4. The number of phenolic OH excluding ortho intramolecular Hbond substituents is 4. The van der Waals surface area contributed by atoms with Gasteiger partial charge >= 0.3 is 0 Å². The highest BCUT2D eigenvalue weighted by molar-refractivity contribution is 5.94. The monoisotopic (exact) mass is 370 g/mol. The van der Waals surface area contributed by atoms with Crippen molar-refractivity contribution >= 4 is 0 Å². The van der Waals surface area contributed by atoms with Crippen LogP contribution in [0.3, 0.4) is 0 Å². The Kier molecular flexibility index (Phi) is 4.38. The zero-order valence-corrected chi connectivity index (χ0v) is 14.9. The lowest BCUT2D eigenvalue weighted by Crippen LogP contribution is -1.89. The van der Waals surface area contributed by atoms with Gasteiger partial charge in [0, 0.05) is 23.3 Å². The van der Waals surface area contributed by atoms with Crippen LogP contribution in [0.5, 0.6) is 23.0 Å². The van der Waals surface area contributed by atoms with E-state index in [1.54, 1.807) is 12.1 Å². The van der Waals surface area contributed by atoms with E-state index < -0.39 is 0 Å². The quantitative estimate of drug-likeness (QED) is 0.383. The summed E-state index contributed by atoms with van der Waals surface area (Å²) in [6.45, 7) is 0. The van der Waals surface area contributed by atoms with Gasteiger partial charge < -0.3 is 20.4 Å². The Hall–Kier alpha value is -3.92. The molecule has 0 atom stereocenters. The van der Waals surface area contributed by atoms with E-state index in [0.29, 0.717) is 11.1 Å². The van der Waals surface area contributed by atoms with Crippen molar-refractivity contribution in [1.29, 1.82) is 0 Å². The molecular weight excluding hydrogens is 352 g/mol. The minimum atomic E-state index is -0.0163. The summed E-state index contributed by atoms with van der Waals surface area (Å²) in [6.07, 6.45) is 0. The van der Waals surface area contributed by atoms with Gasteiger partial charge in [0.25, 0.3) is 0 Å². The lowest BCUT2D eigenvalue weighted by molar-refractivity contribution is 0.451. The molecule has 0 aliphatic heterocycles. The second-order valence-electron chi connectivity index (χ2n) is 6.49. The zero-order chi connectivity index (χ0) is 19.7. The molecule has 4 nitrogen and oxygen atoms in total. The largest absolute Gasteiger partial charge is 0.508 e. The third kappa shape index (κ3) is 3.12. The third-order valence-corrected chi connectivity index (χ3v) is 4.69. The smallest absolute Gasteiger partial charge is 0.127 e. The number of aromatic hydroxyl groups is 4. The molecular formula is C24H18O4. The number of rotatable bonds is 3. The summed E-state index contributed by atoms with van der Waals surface area (Å²) in [4.78, 5) is 0. The van der Waals surface area contributed by atoms with Crippen LogP contribution >= 0.6 is 0 Å². The van der Waals surface area contributed by atoms with E-state index in [0.717, 1.165) is 22.3 Å². The summed E-state index contributed by atoms with van der Waals surface area (Å²) in [5, 5.41) is 39.9. The summed E-state index contributed by atoms with van der Waals surface area (Å²) in [7, 11) is 0. The lowest BCUT2D eigenvalue weighted by Gasteiger charge is -2.16. The number of hydrogen-bond donors (Lipinski definition) is 4. The summed E-state index contributed by atoms with van der Waals surface area (Å²) in [5.41, 5.74) is 4.52. The first-order valence-electron chi connectivity index (χ1n) is 8.78. The van der Waals surface area contributed by atoms with Gasteiger partial charge in [0.05, 0.1) is 0 Å². The molecule has 0 aliphatic carbocycles. The zero-order valence-electron chi connectivity index (χ0n) is 14.9. The molecule has 0 radical (unpaired) electrons. The van der Waals surface area contributed by atoms with Crippen LogP contribution in [0.1, 0.15) is 0 Å². The van der Waals surface area contributed by atoms with Crippen molar-refractivity contribution in [1.82, 2.24) is 0 Å². The molecule has 0 aliphatic rings. The van der Waals surface area contributed by atoms with Gasteiger partial charge in [-0.1, -0.05) is 48.5 Å². The molecule has 4 rings (SSSR count). The van der Waals surface area contributed by atoms with Gasteiger partial charge in [0.1, 0.15) is 23.0 Å². The molecule has 28 heavy (non-hydrogen) atoms. The molecule has 138 valence electrons. The van der Waals surface area contributed by atoms with Crippen LogP contribution < -0.4 is 0 Å². The molecule has 0 unspecified atom stereocenters. The Morgan fingerprint density at radius 2 is 0.679 bits per heavy atom. The Morgan fingerprint density at radius 3 is 1.00 bits per heavy atom. The predicted octanol–water partition coefficient (Wildman–Crippen LogP) is 5.51. The minimum absolute atomic E-state index is 0.00635. The van der Waals surface area contributed by atoms with Crippen LogP contribution in [0.25, 0.3) is 33.4 Å². The van der Waals surface area contributed by atoms with Crippen molar-refractivity contribution in [2.24, 2.45) is 0 Å². The van der Waals surface area contributed by atoms with Crippen LogP contribution in [-0.4, -0.2) is 20.4 Å². The van der Waals surface area contributed by atoms with E-state index in [4.69, 9.17) is 0 Å². The Bertz CT molecular complexity index is 1070. The van der Waals surface area contributed by atoms with E-state index in [2.05, 4.69) is 0 Å². The van der Waals surface area contributed by atoms with Gasteiger partial charge in [-0.05, 0) is 46.5 Å². The van der Waals surface area contributed by atoms with Crippen LogP contribution in [-0.2, 0) is 0 Å². The molecule has 4 N–H and O–H groups in total. The van der Waals surface area contributed by atoms with Crippen LogP contribution in [0.4, 0.5) is 0 Å². The van der Waals surface area contributed by atoms with Crippen molar-refractivity contribution < 1.29 is 20.4 Å². The molecule has 0 heterocycles. The molecule has 0 saturated carbocycles. The molecule has 4 heteroatoms. The van der Waals surface area contributed by atoms with Crippen molar-refractivity contribution in [3.63, 3.8) is 0 Å². The molecule has 0 fully saturated rings. The van der Waals surface area contributed by atoms with Gasteiger partial charge in [-0.3, -0.25) is 0 Å². The van der Waals surface area contributed by atoms with Crippen LogP contribution in [0.2, 0.25) is 0 Å². The average molecular weight is 370 g/mol. The fourth-order valence-electron chi connectivity index (χ4n) is 3.40. The molecule has 4 aromatic carbocycles. The third-order valence-electron chi connectivity index (χ3n) is 4.69. The van der Waals surface area contributed by atoms with Gasteiger partial charge in [0.15, 0.2) is 0 Å². The van der Waals surface area contributed by atoms with E-state index in [-0.39, 0.29) is 23.0 Å². The Morgan fingerprint density at radius 1 is 0.357 bits per heavy atom. The van der Waals surface area contributed by atoms with Crippen molar-refractivity contribution in [3.8, 4) is 56.4 Å². The summed E-state index contributed by atoms with van der Waals surface area (Å²) < 4.78 is 0. The number of benzene rings is 4. The first kappa shape index (κ1) is 17.5. The summed E-state index contributed by atoms with van der Waals surface area (Å²) in [5.74, 6) is -0.0453. The van der Waals surface area contributed by atoms with Crippen molar-refractivity contribution in [2.45, 2.75) is 0 Å². The topological polar surface area (TPSA) is 80.9 Å². The predicted molar refractivity (Wildman–Crippen MR) is 109 cm³/mol. The molecule has 0 aromatic heterocycles. The van der Waals surface area contributed by atoms with Gasteiger partial charge in [-0.2, -0.15) is 0 Å². The Balaban J connectivity index is 1.95. The maximum absolute atomic E-state index is 10.3. The van der Waals surface area contributed by atoms with Crippen LogP contribution in [0.15, 0.2) is 84.9 Å². The highest BCUT2D eigenvalue weighted by atomic mass is 16.3. The van der Waals surface area contributed by atoms with Crippen molar-refractivity contribution in [3.05, 3.63) is 84.9 Å². The van der Waals surface area contributed by atoms with Gasteiger partial charge in [0.2, 0.25) is 0 Å². The van der Waals surface area contributed by atoms with E-state index in [9.17, 15) is 20.4 Å². The number of phenols is 4.